The van der Waals surface area contributed by atoms with Gasteiger partial charge >= 0.3 is 0 Å². The molecule has 0 bridgehead atoms. The summed E-state index contributed by atoms with van der Waals surface area (Å²) < 4.78 is 1.84. The van der Waals surface area contributed by atoms with Crippen molar-refractivity contribution in [2.75, 3.05) is 0 Å². The fraction of sp³-hybridized carbons (Fsp3) is 0.545. The van der Waals surface area contributed by atoms with Crippen LogP contribution >= 0.6 is 0 Å². The molecular weight excluding hydrogens is 324 g/mol. The van der Waals surface area contributed by atoms with Gasteiger partial charge in [0.2, 0.25) is 0 Å². The van der Waals surface area contributed by atoms with Crippen LogP contribution in [0.4, 0.5) is 0 Å². The normalized spacial score (nSPS) is 17.8. The van der Waals surface area contributed by atoms with Crippen molar-refractivity contribution < 1.29 is 5.11 Å². The number of para-hydroxylation sites is 1. The zero-order valence-corrected chi connectivity index (χ0v) is 15.4. The third-order valence-corrected chi connectivity index (χ3v) is 6.07. The van der Waals surface area contributed by atoms with E-state index in [-0.39, 0.29) is 11.3 Å². The minimum absolute atomic E-state index is 0.115. The van der Waals surface area contributed by atoms with Gasteiger partial charge in [-0.15, -0.1) is 0 Å². The zero-order chi connectivity index (χ0) is 17.9. The van der Waals surface area contributed by atoms with Crippen LogP contribution < -0.4 is 5.56 Å². The highest BCUT2D eigenvalue weighted by Crippen LogP contribution is 2.30. The van der Waals surface area contributed by atoms with Gasteiger partial charge in [-0.05, 0) is 50.2 Å². The molecule has 0 spiro atoms. The van der Waals surface area contributed by atoms with E-state index >= 15 is 0 Å². The number of nitrogens with zero attached hydrogens (tertiary/aromatic N) is 2. The minimum atomic E-state index is 0.115. The second-order valence-electron chi connectivity index (χ2n) is 7.83. The molecule has 1 heterocycles. The van der Waals surface area contributed by atoms with Gasteiger partial charge in [-0.25, -0.2) is 4.98 Å². The highest BCUT2D eigenvalue weighted by atomic mass is 16.3. The summed E-state index contributed by atoms with van der Waals surface area (Å²) >= 11 is 0. The lowest BCUT2D eigenvalue weighted by molar-refractivity contribution is 0.322. The summed E-state index contributed by atoms with van der Waals surface area (Å²) in [5.41, 5.74) is 2.62. The number of benzene rings is 1. The SMILES string of the molecule is O=c1c2c(nc(-c3ccccc3O)n1CCC1CCCCC1)CCCC2. The van der Waals surface area contributed by atoms with Crippen molar-refractivity contribution in [1.82, 2.24) is 9.55 Å². The quantitative estimate of drug-likeness (QED) is 0.883. The molecule has 0 atom stereocenters. The van der Waals surface area contributed by atoms with Crippen LogP contribution in [-0.4, -0.2) is 14.7 Å². The summed E-state index contributed by atoms with van der Waals surface area (Å²) in [6, 6.07) is 7.24. The molecule has 0 radical (unpaired) electrons. The second kappa shape index (κ2) is 7.65. The number of rotatable bonds is 4. The van der Waals surface area contributed by atoms with Crippen molar-refractivity contribution >= 4 is 0 Å². The smallest absolute Gasteiger partial charge is 0.257 e. The molecule has 138 valence electrons. The molecule has 0 aliphatic heterocycles. The molecule has 4 rings (SSSR count). The number of fused-ring (bicyclic) bond motifs is 1. The predicted molar refractivity (Wildman–Crippen MR) is 103 cm³/mol. The van der Waals surface area contributed by atoms with E-state index in [9.17, 15) is 9.90 Å². The lowest BCUT2D eigenvalue weighted by Gasteiger charge is -2.24. The first-order valence-electron chi connectivity index (χ1n) is 10.1. The predicted octanol–water partition coefficient (Wildman–Crippen LogP) is 4.47. The average Bonchev–Trinajstić information content (AvgIpc) is 2.68. The maximum atomic E-state index is 13.2. The van der Waals surface area contributed by atoms with E-state index < -0.39 is 0 Å². The van der Waals surface area contributed by atoms with Gasteiger partial charge in [0.05, 0.1) is 11.3 Å². The molecule has 1 aromatic carbocycles. The highest BCUT2D eigenvalue weighted by Gasteiger charge is 2.22. The van der Waals surface area contributed by atoms with Gasteiger partial charge in [0.15, 0.2) is 0 Å². The van der Waals surface area contributed by atoms with E-state index in [1.54, 1.807) is 6.07 Å². The van der Waals surface area contributed by atoms with E-state index in [1.807, 2.05) is 22.8 Å². The van der Waals surface area contributed by atoms with Crippen molar-refractivity contribution in [2.45, 2.75) is 70.8 Å². The molecule has 0 unspecified atom stereocenters. The Morgan fingerprint density at radius 2 is 1.81 bits per heavy atom. The highest BCUT2D eigenvalue weighted by molar-refractivity contribution is 5.64. The van der Waals surface area contributed by atoms with Gasteiger partial charge in [-0.2, -0.15) is 0 Å². The van der Waals surface area contributed by atoms with Crippen LogP contribution in [0.3, 0.4) is 0 Å². The van der Waals surface area contributed by atoms with E-state index in [0.717, 1.165) is 43.4 Å². The number of aromatic nitrogens is 2. The van der Waals surface area contributed by atoms with Crippen molar-refractivity contribution in [3.05, 3.63) is 45.9 Å². The fourth-order valence-corrected chi connectivity index (χ4v) is 4.55. The minimum Gasteiger partial charge on any atom is -0.507 e. The van der Waals surface area contributed by atoms with Crippen molar-refractivity contribution in [1.29, 1.82) is 0 Å². The molecule has 0 amide bonds. The maximum Gasteiger partial charge on any atom is 0.257 e. The Labute approximate surface area is 154 Å². The lowest BCUT2D eigenvalue weighted by atomic mass is 9.87. The summed E-state index contributed by atoms with van der Waals surface area (Å²) in [6.07, 6.45) is 11.4. The van der Waals surface area contributed by atoms with Crippen LogP contribution in [0.1, 0.15) is 62.6 Å². The molecule has 1 fully saturated rings. The summed E-state index contributed by atoms with van der Waals surface area (Å²) in [5, 5.41) is 10.3. The number of hydrogen-bond acceptors (Lipinski definition) is 3. The Morgan fingerprint density at radius 1 is 1.04 bits per heavy atom. The van der Waals surface area contributed by atoms with E-state index in [1.165, 1.54) is 32.1 Å². The van der Waals surface area contributed by atoms with Crippen LogP contribution in [-0.2, 0) is 19.4 Å². The van der Waals surface area contributed by atoms with Gasteiger partial charge in [-0.3, -0.25) is 9.36 Å². The Bertz CT molecular complexity index is 835. The summed E-state index contributed by atoms with van der Waals surface area (Å²) in [4.78, 5) is 18.1. The molecule has 0 saturated heterocycles. The molecule has 1 saturated carbocycles. The van der Waals surface area contributed by atoms with Crippen LogP contribution in [0.25, 0.3) is 11.4 Å². The first-order chi connectivity index (χ1) is 12.7. The maximum absolute atomic E-state index is 13.2. The van der Waals surface area contributed by atoms with Crippen molar-refractivity contribution in [3.8, 4) is 17.1 Å². The van der Waals surface area contributed by atoms with Gasteiger partial charge in [-0.1, -0.05) is 44.2 Å². The molecule has 4 heteroatoms. The number of aryl methyl sites for hydroxylation is 1. The summed E-state index contributed by atoms with van der Waals surface area (Å²) in [7, 11) is 0. The summed E-state index contributed by atoms with van der Waals surface area (Å²) in [5.74, 6) is 1.55. The van der Waals surface area contributed by atoms with Crippen LogP contribution in [0, 0.1) is 5.92 Å². The largest absolute Gasteiger partial charge is 0.507 e. The van der Waals surface area contributed by atoms with Gasteiger partial charge in [0.1, 0.15) is 11.6 Å². The van der Waals surface area contributed by atoms with Crippen molar-refractivity contribution in [3.63, 3.8) is 0 Å². The first kappa shape index (κ1) is 17.3. The average molecular weight is 352 g/mol. The number of phenolic OH excluding ortho intramolecular Hbond substituents is 1. The third kappa shape index (κ3) is 3.42. The van der Waals surface area contributed by atoms with Crippen molar-refractivity contribution in [2.24, 2.45) is 5.92 Å². The molecule has 2 aliphatic rings. The molecule has 2 aromatic rings. The number of phenols is 1. The summed E-state index contributed by atoms with van der Waals surface area (Å²) in [6.45, 7) is 0.702. The third-order valence-electron chi connectivity index (χ3n) is 6.07. The topological polar surface area (TPSA) is 55.1 Å². The molecule has 1 aromatic heterocycles. The fourth-order valence-electron chi connectivity index (χ4n) is 4.55. The Balaban J connectivity index is 1.74. The van der Waals surface area contributed by atoms with Gasteiger partial charge in [0.25, 0.3) is 5.56 Å². The van der Waals surface area contributed by atoms with E-state index in [2.05, 4.69) is 0 Å². The lowest BCUT2D eigenvalue weighted by Crippen LogP contribution is -2.31. The van der Waals surface area contributed by atoms with Crippen LogP contribution in [0.15, 0.2) is 29.1 Å². The van der Waals surface area contributed by atoms with Crippen LogP contribution in [0.5, 0.6) is 5.75 Å². The Kier molecular flexibility index (Phi) is 5.09. The van der Waals surface area contributed by atoms with E-state index in [4.69, 9.17) is 4.98 Å². The Hall–Kier alpha value is -2.10. The van der Waals surface area contributed by atoms with Gasteiger partial charge < -0.3 is 5.11 Å². The van der Waals surface area contributed by atoms with E-state index in [0.29, 0.717) is 23.9 Å². The monoisotopic (exact) mass is 352 g/mol. The molecule has 26 heavy (non-hydrogen) atoms. The molecule has 4 nitrogen and oxygen atoms in total. The van der Waals surface area contributed by atoms with Gasteiger partial charge in [0, 0.05) is 12.1 Å². The molecule has 1 N–H and O–H groups in total. The molecular formula is C22H28N2O2. The standard InChI is InChI=1S/C22H28N2O2/c25-20-13-7-5-11-18(20)21-23-19-12-6-4-10-17(19)22(26)24(21)15-14-16-8-2-1-3-9-16/h5,7,11,13,16,25H,1-4,6,8-10,12,14-15H2. The number of hydrogen-bond donors (Lipinski definition) is 1. The zero-order valence-electron chi connectivity index (χ0n) is 15.4. The number of aromatic hydroxyl groups is 1. The molecule has 2 aliphatic carbocycles. The Morgan fingerprint density at radius 3 is 2.62 bits per heavy atom. The second-order valence-corrected chi connectivity index (χ2v) is 7.83. The van der Waals surface area contributed by atoms with Crippen LogP contribution in [0.2, 0.25) is 0 Å². The first-order valence-corrected chi connectivity index (χ1v) is 10.1.